The largest absolute Gasteiger partial charge is 0.490 e. The summed E-state index contributed by atoms with van der Waals surface area (Å²) in [4.78, 5) is 12.0. The van der Waals surface area contributed by atoms with Gasteiger partial charge in [-0.25, -0.2) is 13.1 Å². The average molecular weight is 384 g/mol. The summed E-state index contributed by atoms with van der Waals surface area (Å²) in [6.45, 7) is 4.95. The Bertz CT molecular complexity index is 700. The number of hydrogen-bond acceptors (Lipinski definition) is 5. The molecule has 1 aromatic carbocycles. The molecular formula is C18H28N2O5S. The molecule has 0 unspecified atom stereocenters. The highest BCUT2D eigenvalue weighted by Crippen LogP contribution is 2.30. The van der Waals surface area contributed by atoms with E-state index >= 15 is 0 Å². The van der Waals surface area contributed by atoms with Crippen molar-refractivity contribution in [2.24, 2.45) is 5.92 Å². The van der Waals surface area contributed by atoms with Gasteiger partial charge in [0.1, 0.15) is 0 Å². The number of nitrogens with one attached hydrogen (secondary N) is 2. The first-order valence-electron chi connectivity index (χ1n) is 9.15. The van der Waals surface area contributed by atoms with Crippen molar-refractivity contribution in [1.82, 2.24) is 10.0 Å². The lowest BCUT2D eigenvalue weighted by molar-refractivity contribution is -0.124. The second-order valence-electron chi connectivity index (χ2n) is 6.14. The van der Waals surface area contributed by atoms with Crippen LogP contribution in [0.15, 0.2) is 23.1 Å². The SMILES string of the molecule is CCOc1ccc(S(=O)(=O)NCCNC(=O)C2CCCC2)cc1OCC. The number of hydrogen-bond donors (Lipinski definition) is 2. The molecule has 2 N–H and O–H groups in total. The monoisotopic (exact) mass is 384 g/mol. The summed E-state index contributed by atoms with van der Waals surface area (Å²) in [6.07, 6.45) is 4.02. The van der Waals surface area contributed by atoms with Gasteiger partial charge in [-0.15, -0.1) is 0 Å². The smallest absolute Gasteiger partial charge is 0.240 e. The summed E-state index contributed by atoms with van der Waals surface area (Å²) in [5.41, 5.74) is 0. The van der Waals surface area contributed by atoms with Crippen molar-refractivity contribution in [2.75, 3.05) is 26.3 Å². The van der Waals surface area contributed by atoms with Crippen molar-refractivity contribution in [3.63, 3.8) is 0 Å². The van der Waals surface area contributed by atoms with Gasteiger partial charge in [0.15, 0.2) is 11.5 Å². The number of ether oxygens (including phenoxy) is 2. The molecule has 2 rings (SSSR count). The molecule has 0 heterocycles. The molecule has 1 aliphatic carbocycles. The van der Waals surface area contributed by atoms with E-state index in [1.54, 1.807) is 6.07 Å². The summed E-state index contributed by atoms with van der Waals surface area (Å²) in [6, 6.07) is 4.52. The van der Waals surface area contributed by atoms with Crippen molar-refractivity contribution in [2.45, 2.75) is 44.4 Å². The normalized spacial score (nSPS) is 15.0. The highest BCUT2D eigenvalue weighted by molar-refractivity contribution is 7.89. The van der Waals surface area contributed by atoms with Gasteiger partial charge in [-0.3, -0.25) is 4.79 Å². The molecule has 0 bridgehead atoms. The summed E-state index contributed by atoms with van der Waals surface area (Å²) >= 11 is 0. The van der Waals surface area contributed by atoms with E-state index in [-0.39, 0.29) is 29.8 Å². The lowest BCUT2D eigenvalue weighted by atomic mass is 10.1. The summed E-state index contributed by atoms with van der Waals surface area (Å²) in [7, 11) is -3.69. The number of carbonyl (C=O) groups is 1. The fraction of sp³-hybridized carbons (Fsp3) is 0.611. The summed E-state index contributed by atoms with van der Waals surface area (Å²) in [5.74, 6) is 0.997. The van der Waals surface area contributed by atoms with E-state index in [0.29, 0.717) is 24.7 Å². The van der Waals surface area contributed by atoms with E-state index < -0.39 is 10.0 Å². The molecule has 0 saturated heterocycles. The number of rotatable bonds is 10. The molecule has 0 atom stereocenters. The molecule has 1 aromatic rings. The van der Waals surface area contributed by atoms with Crippen LogP contribution in [0.1, 0.15) is 39.5 Å². The molecule has 8 heteroatoms. The Labute approximate surface area is 155 Å². The van der Waals surface area contributed by atoms with Gasteiger partial charge in [-0.05, 0) is 38.8 Å². The molecule has 146 valence electrons. The average Bonchev–Trinajstić information content (AvgIpc) is 3.15. The van der Waals surface area contributed by atoms with Crippen LogP contribution in [-0.4, -0.2) is 40.6 Å². The van der Waals surface area contributed by atoms with Gasteiger partial charge in [-0.2, -0.15) is 0 Å². The van der Waals surface area contributed by atoms with E-state index in [9.17, 15) is 13.2 Å². The van der Waals surface area contributed by atoms with Gasteiger partial charge in [0.05, 0.1) is 18.1 Å². The Morgan fingerprint density at radius 2 is 1.73 bits per heavy atom. The quantitative estimate of drug-likeness (QED) is 0.602. The van der Waals surface area contributed by atoms with Crippen LogP contribution in [0.2, 0.25) is 0 Å². The third-order valence-electron chi connectivity index (χ3n) is 4.27. The highest BCUT2D eigenvalue weighted by Gasteiger charge is 2.22. The van der Waals surface area contributed by atoms with E-state index in [1.165, 1.54) is 12.1 Å². The van der Waals surface area contributed by atoms with Crippen molar-refractivity contribution >= 4 is 15.9 Å². The Kier molecular flexibility index (Phi) is 7.71. The fourth-order valence-corrected chi connectivity index (χ4v) is 4.03. The molecule has 1 aliphatic rings. The molecule has 0 aliphatic heterocycles. The zero-order valence-electron chi connectivity index (χ0n) is 15.4. The van der Waals surface area contributed by atoms with Crippen LogP contribution in [0.5, 0.6) is 11.5 Å². The predicted octanol–water partition coefficient (Wildman–Crippen LogP) is 2.07. The van der Waals surface area contributed by atoms with Crippen LogP contribution in [0.4, 0.5) is 0 Å². The maximum absolute atomic E-state index is 12.4. The van der Waals surface area contributed by atoms with E-state index in [4.69, 9.17) is 9.47 Å². The third-order valence-corrected chi connectivity index (χ3v) is 5.73. The van der Waals surface area contributed by atoms with Gasteiger partial charge in [0.25, 0.3) is 0 Å². The highest BCUT2D eigenvalue weighted by atomic mass is 32.2. The molecule has 7 nitrogen and oxygen atoms in total. The Hall–Kier alpha value is -1.80. The van der Waals surface area contributed by atoms with Crippen molar-refractivity contribution in [3.05, 3.63) is 18.2 Å². The summed E-state index contributed by atoms with van der Waals surface area (Å²) in [5, 5.41) is 2.80. The third kappa shape index (κ3) is 5.60. The molecule has 1 saturated carbocycles. The minimum absolute atomic E-state index is 0.0152. The molecule has 0 spiro atoms. The first kappa shape index (κ1) is 20.5. The standard InChI is InChI=1S/C18H28N2O5S/c1-3-24-16-10-9-15(13-17(16)25-4-2)26(22,23)20-12-11-19-18(21)14-7-5-6-8-14/h9-10,13-14,20H,3-8,11-12H2,1-2H3,(H,19,21). The summed E-state index contributed by atoms with van der Waals surface area (Å²) < 4.78 is 38.3. The Balaban J connectivity index is 1.91. The minimum Gasteiger partial charge on any atom is -0.490 e. The van der Waals surface area contributed by atoms with Crippen molar-refractivity contribution in [1.29, 1.82) is 0 Å². The minimum atomic E-state index is -3.69. The molecule has 1 amide bonds. The first-order chi connectivity index (χ1) is 12.5. The first-order valence-corrected chi connectivity index (χ1v) is 10.6. The maximum Gasteiger partial charge on any atom is 0.240 e. The van der Waals surface area contributed by atoms with Gasteiger partial charge < -0.3 is 14.8 Å². The van der Waals surface area contributed by atoms with Crippen LogP contribution in [0.25, 0.3) is 0 Å². The van der Waals surface area contributed by atoms with Crippen LogP contribution in [-0.2, 0) is 14.8 Å². The van der Waals surface area contributed by atoms with Gasteiger partial charge >= 0.3 is 0 Å². The van der Waals surface area contributed by atoms with Crippen molar-refractivity contribution < 1.29 is 22.7 Å². The zero-order valence-corrected chi connectivity index (χ0v) is 16.2. The zero-order chi connectivity index (χ0) is 19.0. The topological polar surface area (TPSA) is 93.7 Å². The lowest BCUT2D eigenvalue weighted by Crippen LogP contribution is -2.37. The Morgan fingerprint density at radius 1 is 1.08 bits per heavy atom. The second kappa shape index (κ2) is 9.78. The van der Waals surface area contributed by atoms with E-state index in [0.717, 1.165) is 25.7 Å². The van der Waals surface area contributed by atoms with E-state index in [1.807, 2.05) is 13.8 Å². The molecule has 0 radical (unpaired) electrons. The van der Waals surface area contributed by atoms with Crippen LogP contribution < -0.4 is 19.5 Å². The predicted molar refractivity (Wildman–Crippen MR) is 98.9 cm³/mol. The maximum atomic E-state index is 12.4. The van der Waals surface area contributed by atoms with Gasteiger partial charge in [0, 0.05) is 25.1 Å². The number of sulfonamides is 1. The van der Waals surface area contributed by atoms with Crippen LogP contribution in [0.3, 0.4) is 0 Å². The molecule has 26 heavy (non-hydrogen) atoms. The molecule has 1 fully saturated rings. The van der Waals surface area contributed by atoms with Crippen LogP contribution in [0, 0.1) is 5.92 Å². The number of amides is 1. The molecule has 0 aromatic heterocycles. The van der Waals surface area contributed by atoms with E-state index in [2.05, 4.69) is 10.0 Å². The fourth-order valence-electron chi connectivity index (χ4n) is 2.99. The van der Waals surface area contributed by atoms with Crippen LogP contribution >= 0.6 is 0 Å². The molecular weight excluding hydrogens is 356 g/mol. The Morgan fingerprint density at radius 3 is 2.38 bits per heavy atom. The number of carbonyl (C=O) groups excluding carboxylic acids is 1. The number of benzene rings is 1. The lowest BCUT2D eigenvalue weighted by Gasteiger charge is -2.14. The second-order valence-corrected chi connectivity index (χ2v) is 7.91. The van der Waals surface area contributed by atoms with Crippen molar-refractivity contribution in [3.8, 4) is 11.5 Å². The van der Waals surface area contributed by atoms with Gasteiger partial charge in [-0.1, -0.05) is 12.8 Å². The van der Waals surface area contributed by atoms with Gasteiger partial charge in [0.2, 0.25) is 15.9 Å².